The Hall–Kier alpha value is -3.22. The van der Waals surface area contributed by atoms with E-state index in [-0.39, 0.29) is 12.5 Å². The molecule has 0 unspecified atom stereocenters. The fraction of sp³-hybridized carbons (Fsp3) is 0.263. The molecule has 26 heavy (non-hydrogen) atoms. The van der Waals surface area contributed by atoms with Crippen LogP contribution in [0.5, 0.6) is 0 Å². The first-order chi connectivity index (χ1) is 12.6. The number of hydrogen-bond donors (Lipinski definition) is 1. The maximum Gasteiger partial charge on any atom is 0.248 e. The van der Waals surface area contributed by atoms with E-state index in [0.717, 1.165) is 28.9 Å². The Kier molecular flexibility index (Phi) is 5.26. The molecule has 0 aliphatic carbocycles. The van der Waals surface area contributed by atoms with Gasteiger partial charge < -0.3 is 10.2 Å². The predicted octanol–water partition coefficient (Wildman–Crippen LogP) is 2.61. The normalized spacial score (nSPS) is 10.6. The summed E-state index contributed by atoms with van der Waals surface area (Å²) in [5.74, 6) is 0.315. The van der Waals surface area contributed by atoms with Gasteiger partial charge in [-0.05, 0) is 47.5 Å². The molecule has 0 fully saturated rings. The number of aromatic nitrogens is 4. The van der Waals surface area contributed by atoms with Crippen molar-refractivity contribution in [1.29, 1.82) is 0 Å². The standard InChI is InChI=1S/C19H22N6O/c1-4-14-7-5-6-8-17(14)20-18(26)13-25-22-19(21-23-25)15-9-11-16(12-10-15)24(2)3/h5-12H,4,13H2,1-3H3,(H,20,26). The van der Waals surface area contributed by atoms with Crippen molar-refractivity contribution >= 4 is 17.3 Å². The molecule has 1 N–H and O–H groups in total. The van der Waals surface area contributed by atoms with Gasteiger partial charge in [0.25, 0.3) is 0 Å². The van der Waals surface area contributed by atoms with E-state index in [2.05, 4.69) is 27.7 Å². The second-order valence-corrected chi connectivity index (χ2v) is 6.14. The van der Waals surface area contributed by atoms with Gasteiger partial charge in [0.1, 0.15) is 6.54 Å². The van der Waals surface area contributed by atoms with Crippen LogP contribution in [0.25, 0.3) is 11.4 Å². The van der Waals surface area contributed by atoms with Crippen LogP contribution in [-0.2, 0) is 17.8 Å². The Morgan fingerprint density at radius 1 is 1.12 bits per heavy atom. The first-order valence-corrected chi connectivity index (χ1v) is 8.50. The van der Waals surface area contributed by atoms with Crippen molar-refractivity contribution < 1.29 is 4.79 Å². The molecule has 0 aliphatic heterocycles. The Bertz CT molecular complexity index is 885. The third-order valence-corrected chi connectivity index (χ3v) is 4.05. The number of anilines is 2. The number of aryl methyl sites for hydroxylation is 1. The van der Waals surface area contributed by atoms with Gasteiger partial charge in [-0.1, -0.05) is 25.1 Å². The summed E-state index contributed by atoms with van der Waals surface area (Å²) >= 11 is 0. The quantitative estimate of drug-likeness (QED) is 0.739. The summed E-state index contributed by atoms with van der Waals surface area (Å²) in [4.78, 5) is 15.6. The van der Waals surface area contributed by atoms with Crippen molar-refractivity contribution in [3.05, 3.63) is 54.1 Å². The van der Waals surface area contributed by atoms with Crippen molar-refractivity contribution in [2.45, 2.75) is 19.9 Å². The van der Waals surface area contributed by atoms with E-state index < -0.39 is 0 Å². The van der Waals surface area contributed by atoms with E-state index in [1.165, 1.54) is 4.80 Å². The number of carbonyl (C=O) groups is 1. The lowest BCUT2D eigenvalue weighted by Gasteiger charge is -2.11. The lowest BCUT2D eigenvalue weighted by atomic mass is 10.1. The van der Waals surface area contributed by atoms with Crippen LogP contribution in [0.1, 0.15) is 12.5 Å². The third-order valence-electron chi connectivity index (χ3n) is 4.05. The molecular formula is C19H22N6O. The SMILES string of the molecule is CCc1ccccc1NC(=O)Cn1nnc(-c2ccc(N(C)C)cc2)n1. The highest BCUT2D eigenvalue weighted by atomic mass is 16.2. The molecule has 0 spiro atoms. The average molecular weight is 350 g/mol. The summed E-state index contributed by atoms with van der Waals surface area (Å²) in [6.45, 7) is 2.07. The lowest BCUT2D eigenvalue weighted by Crippen LogP contribution is -2.21. The van der Waals surface area contributed by atoms with Gasteiger partial charge in [0.05, 0.1) is 0 Å². The number of benzene rings is 2. The fourth-order valence-electron chi connectivity index (χ4n) is 2.60. The summed E-state index contributed by atoms with van der Waals surface area (Å²) in [7, 11) is 3.97. The number of hydrogen-bond acceptors (Lipinski definition) is 5. The Morgan fingerprint density at radius 2 is 1.85 bits per heavy atom. The van der Waals surface area contributed by atoms with Crippen molar-refractivity contribution in [3.63, 3.8) is 0 Å². The van der Waals surface area contributed by atoms with Gasteiger partial charge >= 0.3 is 0 Å². The second kappa shape index (κ2) is 7.77. The minimum Gasteiger partial charge on any atom is -0.378 e. The van der Waals surface area contributed by atoms with Gasteiger partial charge in [0.2, 0.25) is 11.7 Å². The molecule has 1 heterocycles. The van der Waals surface area contributed by atoms with Crippen molar-refractivity contribution in [1.82, 2.24) is 20.2 Å². The molecule has 1 aromatic heterocycles. The molecule has 0 aliphatic rings. The van der Waals surface area contributed by atoms with Crippen LogP contribution in [0.15, 0.2) is 48.5 Å². The number of amides is 1. The maximum atomic E-state index is 12.3. The van der Waals surface area contributed by atoms with Gasteiger partial charge in [-0.25, -0.2) is 0 Å². The van der Waals surface area contributed by atoms with Crippen molar-refractivity contribution in [2.75, 3.05) is 24.3 Å². The van der Waals surface area contributed by atoms with Crippen LogP contribution < -0.4 is 10.2 Å². The molecular weight excluding hydrogens is 328 g/mol. The van der Waals surface area contributed by atoms with Crippen LogP contribution >= 0.6 is 0 Å². The van der Waals surface area contributed by atoms with E-state index in [4.69, 9.17) is 0 Å². The smallest absolute Gasteiger partial charge is 0.248 e. The summed E-state index contributed by atoms with van der Waals surface area (Å²) in [6.07, 6.45) is 0.852. The van der Waals surface area contributed by atoms with Crippen LogP contribution in [0.3, 0.4) is 0 Å². The first-order valence-electron chi connectivity index (χ1n) is 8.50. The fourth-order valence-corrected chi connectivity index (χ4v) is 2.60. The summed E-state index contributed by atoms with van der Waals surface area (Å²) in [5.41, 5.74) is 3.86. The molecule has 134 valence electrons. The maximum absolute atomic E-state index is 12.3. The zero-order valence-corrected chi connectivity index (χ0v) is 15.2. The Balaban J connectivity index is 1.67. The third kappa shape index (κ3) is 4.05. The molecule has 3 rings (SSSR count). The number of para-hydroxylation sites is 1. The molecule has 0 saturated carbocycles. The average Bonchev–Trinajstić information content (AvgIpc) is 3.10. The highest BCUT2D eigenvalue weighted by Crippen LogP contribution is 2.19. The summed E-state index contributed by atoms with van der Waals surface area (Å²) in [5, 5.41) is 15.2. The molecule has 7 heteroatoms. The predicted molar refractivity (Wildman–Crippen MR) is 102 cm³/mol. The van der Waals surface area contributed by atoms with Gasteiger partial charge in [-0.15, -0.1) is 10.2 Å². The second-order valence-electron chi connectivity index (χ2n) is 6.14. The first kappa shape index (κ1) is 17.6. The van der Waals surface area contributed by atoms with Gasteiger partial charge in [0.15, 0.2) is 0 Å². The number of nitrogens with zero attached hydrogens (tertiary/aromatic N) is 5. The highest BCUT2D eigenvalue weighted by Gasteiger charge is 2.11. The van der Waals surface area contributed by atoms with Gasteiger partial charge in [-0.3, -0.25) is 4.79 Å². The lowest BCUT2D eigenvalue weighted by molar-refractivity contribution is -0.117. The molecule has 7 nitrogen and oxygen atoms in total. The van der Waals surface area contributed by atoms with E-state index in [1.54, 1.807) is 0 Å². The minimum atomic E-state index is -0.183. The Labute approximate surface area is 152 Å². The molecule has 0 bridgehead atoms. The largest absolute Gasteiger partial charge is 0.378 e. The van der Waals surface area contributed by atoms with Crippen LogP contribution in [0, 0.1) is 0 Å². The van der Waals surface area contributed by atoms with E-state index >= 15 is 0 Å². The topological polar surface area (TPSA) is 75.9 Å². The van der Waals surface area contributed by atoms with Crippen LogP contribution in [0.2, 0.25) is 0 Å². The van der Waals surface area contributed by atoms with Gasteiger partial charge in [-0.2, -0.15) is 4.80 Å². The van der Waals surface area contributed by atoms with Crippen molar-refractivity contribution in [2.24, 2.45) is 0 Å². The zero-order chi connectivity index (χ0) is 18.5. The van der Waals surface area contributed by atoms with Crippen LogP contribution in [0.4, 0.5) is 11.4 Å². The minimum absolute atomic E-state index is 0.0147. The number of nitrogens with one attached hydrogen (secondary N) is 1. The molecule has 0 radical (unpaired) electrons. The number of carbonyl (C=O) groups excluding carboxylic acids is 1. The molecule has 1 amide bonds. The van der Waals surface area contributed by atoms with E-state index in [9.17, 15) is 4.79 Å². The summed E-state index contributed by atoms with van der Waals surface area (Å²) < 4.78 is 0. The van der Waals surface area contributed by atoms with Crippen LogP contribution in [-0.4, -0.2) is 40.2 Å². The highest BCUT2D eigenvalue weighted by molar-refractivity contribution is 5.91. The number of rotatable bonds is 6. The number of tetrazole rings is 1. The zero-order valence-electron chi connectivity index (χ0n) is 15.2. The molecule has 0 saturated heterocycles. The van der Waals surface area contributed by atoms with Gasteiger partial charge in [0, 0.05) is 31.0 Å². The molecule has 2 aromatic carbocycles. The molecule has 0 atom stereocenters. The van der Waals surface area contributed by atoms with E-state index in [0.29, 0.717) is 5.82 Å². The summed E-state index contributed by atoms with van der Waals surface area (Å²) in [6, 6.07) is 15.6. The Morgan fingerprint density at radius 3 is 2.54 bits per heavy atom. The van der Waals surface area contributed by atoms with E-state index in [1.807, 2.05) is 67.5 Å². The monoisotopic (exact) mass is 350 g/mol. The van der Waals surface area contributed by atoms with Crippen molar-refractivity contribution in [3.8, 4) is 11.4 Å². The molecule has 3 aromatic rings.